The highest BCUT2D eigenvalue weighted by Crippen LogP contribution is 2.15. The van der Waals surface area contributed by atoms with Gasteiger partial charge in [-0.2, -0.15) is 5.26 Å². The highest BCUT2D eigenvalue weighted by atomic mass is 127. The SMILES string of the molecule is N#Cc1cccc(CNC(=O)c2ccc(NC(=O)c3ccccc3I)cc2)c1. The third-order valence-corrected chi connectivity index (χ3v) is 4.97. The van der Waals surface area contributed by atoms with Crippen molar-refractivity contribution in [3.05, 3.63) is 98.6 Å². The highest BCUT2D eigenvalue weighted by Gasteiger charge is 2.10. The van der Waals surface area contributed by atoms with Crippen molar-refractivity contribution in [2.24, 2.45) is 0 Å². The Morgan fingerprint density at radius 2 is 1.68 bits per heavy atom. The second kappa shape index (κ2) is 9.15. The van der Waals surface area contributed by atoms with E-state index in [0.717, 1.165) is 9.13 Å². The molecule has 0 bridgehead atoms. The van der Waals surface area contributed by atoms with Crippen molar-refractivity contribution in [1.29, 1.82) is 5.26 Å². The van der Waals surface area contributed by atoms with Gasteiger partial charge in [-0.1, -0.05) is 24.3 Å². The summed E-state index contributed by atoms with van der Waals surface area (Å²) < 4.78 is 0.870. The minimum absolute atomic E-state index is 0.195. The standard InChI is InChI=1S/C22H16IN3O2/c23-20-7-2-1-6-19(20)22(28)26-18-10-8-17(9-11-18)21(27)25-14-16-5-3-4-15(12-16)13-24/h1-12H,14H2,(H,25,27)(H,26,28). The summed E-state index contributed by atoms with van der Waals surface area (Å²) in [4.78, 5) is 24.7. The Balaban J connectivity index is 1.60. The third-order valence-electron chi connectivity index (χ3n) is 4.03. The molecule has 3 rings (SSSR count). The number of nitrogens with one attached hydrogen (secondary N) is 2. The van der Waals surface area contributed by atoms with E-state index in [9.17, 15) is 9.59 Å². The molecule has 0 saturated carbocycles. The van der Waals surface area contributed by atoms with Gasteiger partial charge in [-0.3, -0.25) is 9.59 Å². The number of carbonyl (C=O) groups excluding carboxylic acids is 2. The predicted octanol–water partition coefficient (Wildman–Crippen LogP) is 4.35. The van der Waals surface area contributed by atoms with Crippen molar-refractivity contribution in [3.8, 4) is 6.07 Å². The summed E-state index contributed by atoms with van der Waals surface area (Å²) in [6, 6.07) is 23.2. The van der Waals surface area contributed by atoms with Crippen molar-refractivity contribution >= 4 is 40.1 Å². The molecule has 0 aliphatic heterocycles. The fraction of sp³-hybridized carbons (Fsp3) is 0.0455. The van der Waals surface area contributed by atoms with E-state index in [2.05, 4.69) is 39.3 Å². The minimum atomic E-state index is -0.224. The van der Waals surface area contributed by atoms with Gasteiger partial charge in [-0.05, 0) is 76.7 Å². The van der Waals surface area contributed by atoms with Crippen LogP contribution in [0, 0.1) is 14.9 Å². The summed E-state index contributed by atoms with van der Waals surface area (Å²) in [6.45, 7) is 0.333. The molecular formula is C22H16IN3O2. The van der Waals surface area contributed by atoms with Gasteiger partial charge in [-0.25, -0.2) is 0 Å². The summed E-state index contributed by atoms with van der Waals surface area (Å²) in [6.07, 6.45) is 0. The Kier molecular flexibility index (Phi) is 6.40. The van der Waals surface area contributed by atoms with Crippen molar-refractivity contribution in [3.63, 3.8) is 0 Å². The lowest BCUT2D eigenvalue weighted by molar-refractivity contribution is 0.0950. The maximum absolute atomic E-state index is 12.3. The number of carbonyl (C=O) groups is 2. The van der Waals surface area contributed by atoms with Gasteiger partial charge in [-0.15, -0.1) is 0 Å². The minimum Gasteiger partial charge on any atom is -0.348 e. The highest BCUT2D eigenvalue weighted by molar-refractivity contribution is 14.1. The summed E-state index contributed by atoms with van der Waals surface area (Å²) in [5.41, 5.74) is 3.12. The van der Waals surface area contributed by atoms with E-state index in [0.29, 0.717) is 28.9 Å². The lowest BCUT2D eigenvalue weighted by atomic mass is 10.1. The summed E-state index contributed by atoms with van der Waals surface area (Å²) in [5.74, 6) is -0.419. The molecule has 0 unspecified atom stereocenters. The Bertz CT molecular complexity index is 1060. The van der Waals surface area contributed by atoms with Crippen LogP contribution in [0.2, 0.25) is 0 Å². The summed E-state index contributed by atoms with van der Waals surface area (Å²) >= 11 is 2.12. The Morgan fingerprint density at radius 1 is 0.929 bits per heavy atom. The first kappa shape index (κ1) is 19.6. The van der Waals surface area contributed by atoms with Crippen LogP contribution in [-0.4, -0.2) is 11.8 Å². The molecule has 2 amide bonds. The number of rotatable bonds is 5. The van der Waals surface area contributed by atoms with Crippen molar-refractivity contribution in [1.82, 2.24) is 5.32 Å². The zero-order valence-electron chi connectivity index (χ0n) is 14.8. The first-order valence-corrected chi connectivity index (χ1v) is 9.58. The van der Waals surface area contributed by atoms with Gasteiger partial charge in [0.05, 0.1) is 17.2 Å². The van der Waals surface area contributed by atoms with E-state index in [1.165, 1.54) is 0 Å². The number of benzene rings is 3. The topological polar surface area (TPSA) is 82.0 Å². The van der Waals surface area contributed by atoms with Gasteiger partial charge >= 0.3 is 0 Å². The average Bonchev–Trinajstić information content (AvgIpc) is 2.73. The van der Waals surface area contributed by atoms with Gasteiger partial charge in [0.25, 0.3) is 11.8 Å². The lowest BCUT2D eigenvalue weighted by Gasteiger charge is -2.09. The maximum Gasteiger partial charge on any atom is 0.256 e. The molecule has 0 aliphatic carbocycles. The van der Waals surface area contributed by atoms with Gasteiger partial charge < -0.3 is 10.6 Å². The van der Waals surface area contributed by atoms with Crippen LogP contribution in [0.1, 0.15) is 31.8 Å². The number of hydrogen-bond donors (Lipinski definition) is 2. The fourth-order valence-corrected chi connectivity index (χ4v) is 3.22. The molecular weight excluding hydrogens is 465 g/mol. The number of anilines is 1. The number of hydrogen-bond acceptors (Lipinski definition) is 3. The van der Waals surface area contributed by atoms with E-state index in [1.807, 2.05) is 24.3 Å². The molecule has 0 aliphatic rings. The average molecular weight is 481 g/mol. The Labute approximate surface area is 176 Å². The molecule has 0 aromatic heterocycles. The van der Waals surface area contributed by atoms with Gasteiger partial charge in [0.15, 0.2) is 0 Å². The normalized spacial score (nSPS) is 10.0. The van der Waals surface area contributed by atoms with E-state index in [4.69, 9.17) is 5.26 Å². The molecule has 0 atom stereocenters. The van der Waals surface area contributed by atoms with Gasteiger partial charge in [0.1, 0.15) is 0 Å². The summed E-state index contributed by atoms with van der Waals surface area (Å²) in [7, 11) is 0. The number of halogens is 1. The Hall–Kier alpha value is -3.18. The second-order valence-corrected chi connectivity index (χ2v) is 7.17. The van der Waals surface area contributed by atoms with Crippen LogP contribution in [0.4, 0.5) is 5.69 Å². The van der Waals surface area contributed by atoms with Crippen LogP contribution >= 0.6 is 22.6 Å². The van der Waals surface area contributed by atoms with Crippen molar-refractivity contribution in [2.45, 2.75) is 6.54 Å². The summed E-state index contributed by atoms with van der Waals surface area (Å²) in [5, 5.41) is 14.6. The molecule has 0 radical (unpaired) electrons. The number of nitrogens with zero attached hydrogens (tertiary/aromatic N) is 1. The number of amides is 2. The third kappa shape index (κ3) is 4.96. The van der Waals surface area contributed by atoms with E-state index >= 15 is 0 Å². The zero-order valence-corrected chi connectivity index (χ0v) is 16.9. The molecule has 6 heteroatoms. The van der Waals surface area contributed by atoms with E-state index < -0.39 is 0 Å². The maximum atomic E-state index is 12.3. The van der Waals surface area contributed by atoms with Crippen LogP contribution in [-0.2, 0) is 6.54 Å². The zero-order chi connectivity index (χ0) is 19.9. The van der Waals surface area contributed by atoms with Gasteiger partial charge in [0.2, 0.25) is 0 Å². The molecule has 3 aromatic rings. The molecule has 0 spiro atoms. The molecule has 0 fully saturated rings. The lowest BCUT2D eigenvalue weighted by Crippen LogP contribution is -2.22. The van der Waals surface area contributed by atoms with Crippen LogP contribution in [0.3, 0.4) is 0 Å². The Morgan fingerprint density at radius 3 is 2.39 bits per heavy atom. The van der Waals surface area contributed by atoms with Crippen LogP contribution in [0.25, 0.3) is 0 Å². The van der Waals surface area contributed by atoms with Crippen LogP contribution in [0.5, 0.6) is 0 Å². The van der Waals surface area contributed by atoms with Crippen molar-refractivity contribution < 1.29 is 9.59 Å². The first-order chi connectivity index (χ1) is 13.6. The number of nitriles is 1. The molecule has 2 N–H and O–H groups in total. The van der Waals surface area contributed by atoms with E-state index in [-0.39, 0.29) is 11.8 Å². The molecule has 0 heterocycles. The predicted molar refractivity (Wildman–Crippen MR) is 116 cm³/mol. The molecule has 3 aromatic carbocycles. The van der Waals surface area contributed by atoms with Crippen LogP contribution in [0.15, 0.2) is 72.8 Å². The largest absolute Gasteiger partial charge is 0.348 e. The smallest absolute Gasteiger partial charge is 0.256 e. The molecule has 5 nitrogen and oxygen atoms in total. The molecule has 138 valence electrons. The quantitative estimate of drug-likeness (QED) is 0.532. The molecule has 0 saturated heterocycles. The monoisotopic (exact) mass is 481 g/mol. The van der Waals surface area contributed by atoms with Crippen LogP contribution < -0.4 is 10.6 Å². The van der Waals surface area contributed by atoms with E-state index in [1.54, 1.807) is 48.5 Å². The second-order valence-electron chi connectivity index (χ2n) is 6.01. The molecule has 28 heavy (non-hydrogen) atoms. The van der Waals surface area contributed by atoms with Crippen molar-refractivity contribution in [2.75, 3.05) is 5.32 Å². The fourth-order valence-electron chi connectivity index (χ4n) is 2.58. The van der Waals surface area contributed by atoms with Gasteiger partial charge in [0, 0.05) is 21.4 Å². The first-order valence-electron chi connectivity index (χ1n) is 8.50.